The van der Waals surface area contributed by atoms with E-state index in [0.717, 1.165) is 64.7 Å². The normalized spacial score (nSPS) is 11.2. The average molecular weight is 398 g/mol. The molecule has 0 radical (unpaired) electrons. The number of hydrogen-bond donors (Lipinski definition) is 0. The average Bonchev–Trinajstić information content (AvgIpc) is 3.25. The first-order valence-electron chi connectivity index (χ1n) is 10.5. The molecule has 152 valence electrons. The fourth-order valence-corrected chi connectivity index (χ4v) is 4.32. The third-order valence-corrected chi connectivity index (χ3v) is 5.73. The summed E-state index contributed by atoms with van der Waals surface area (Å²) in [6.07, 6.45) is 0.863. The van der Waals surface area contributed by atoms with Crippen molar-refractivity contribution < 1.29 is 0 Å². The largest absolute Gasteiger partial charge is 0.344 e. The quantitative estimate of drug-likeness (QED) is 0.457. The highest BCUT2D eigenvalue weighted by Crippen LogP contribution is 2.28. The van der Waals surface area contributed by atoms with Crippen molar-refractivity contribution in [1.82, 2.24) is 19.1 Å². The van der Waals surface area contributed by atoms with Gasteiger partial charge in [0.1, 0.15) is 17.4 Å². The maximum Gasteiger partial charge on any atom is 0.160 e. The Kier molecular flexibility index (Phi) is 5.17. The van der Waals surface area contributed by atoms with Crippen molar-refractivity contribution in [3.63, 3.8) is 0 Å². The number of aromatic nitrogens is 4. The van der Waals surface area contributed by atoms with Crippen molar-refractivity contribution in [2.45, 2.75) is 54.1 Å². The molecule has 0 aliphatic carbocycles. The molecule has 0 fully saturated rings. The number of benzene rings is 1. The molecule has 4 rings (SSSR count). The van der Waals surface area contributed by atoms with Gasteiger partial charge in [-0.3, -0.25) is 0 Å². The summed E-state index contributed by atoms with van der Waals surface area (Å²) in [6.45, 7) is 12.0. The van der Waals surface area contributed by atoms with Crippen molar-refractivity contribution in [2.24, 2.45) is 0 Å². The molecule has 0 saturated carbocycles. The highest BCUT2D eigenvalue weighted by molar-refractivity contribution is 5.76. The van der Waals surface area contributed by atoms with Gasteiger partial charge in [0, 0.05) is 24.4 Å². The Morgan fingerprint density at radius 1 is 0.967 bits per heavy atom. The Morgan fingerprint density at radius 2 is 1.70 bits per heavy atom. The smallest absolute Gasteiger partial charge is 0.160 e. The Morgan fingerprint density at radius 3 is 2.33 bits per heavy atom. The first-order chi connectivity index (χ1) is 14.5. The van der Waals surface area contributed by atoms with Crippen LogP contribution in [0.25, 0.3) is 22.4 Å². The van der Waals surface area contributed by atoms with Crippen LogP contribution in [0.2, 0.25) is 0 Å². The first-order valence-corrected chi connectivity index (χ1v) is 10.5. The van der Waals surface area contributed by atoms with E-state index in [1.165, 1.54) is 11.1 Å². The lowest BCUT2D eigenvalue weighted by Gasteiger charge is -2.12. The van der Waals surface area contributed by atoms with Crippen LogP contribution in [-0.2, 0) is 19.5 Å². The van der Waals surface area contributed by atoms with Crippen LogP contribution in [0.4, 0.5) is 0 Å². The standard InChI is InChI=1S/C25H27N5/c1-6-22-28-23-16(3)12-17(4)27-25(23)30(22)15-19-8-10-20(11-9-19)24-21(14-26)13-18(5)29(24)7-2/h8-13H,6-7,15H2,1-5H3. The predicted molar refractivity (Wildman–Crippen MR) is 120 cm³/mol. The summed E-state index contributed by atoms with van der Waals surface area (Å²) in [4.78, 5) is 9.62. The number of nitriles is 1. The van der Waals surface area contributed by atoms with Crippen LogP contribution in [-0.4, -0.2) is 19.1 Å². The molecule has 0 amide bonds. The van der Waals surface area contributed by atoms with Crippen molar-refractivity contribution in [1.29, 1.82) is 5.26 Å². The first kappa shape index (κ1) is 19.9. The Hall–Kier alpha value is -3.39. The monoisotopic (exact) mass is 397 g/mol. The number of rotatable bonds is 5. The zero-order valence-electron chi connectivity index (χ0n) is 18.3. The van der Waals surface area contributed by atoms with E-state index in [9.17, 15) is 5.26 Å². The van der Waals surface area contributed by atoms with Crippen LogP contribution < -0.4 is 0 Å². The minimum absolute atomic E-state index is 0.728. The van der Waals surface area contributed by atoms with Crippen LogP contribution >= 0.6 is 0 Å². The van der Waals surface area contributed by atoms with Gasteiger partial charge in [-0.1, -0.05) is 31.2 Å². The molecule has 0 bridgehead atoms. The van der Waals surface area contributed by atoms with Gasteiger partial charge in [-0.25, -0.2) is 9.97 Å². The van der Waals surface area contributed by atoms with Crippen LogP contribution in [0.3, 0.4) is 0 Å². The molecule has 5 nitrogen and oxygen atoms in total. The Balaban J connectivity index is 1.73. The summed E-state index contributed by atoms with van der Waals surface area (Å²) in [7, 11) is 0. The maximum atomic E-state index is 9.56. The minimum Gasteiger partial charge on any atom is -0.344 e. The van der Waals surface area contributed by atoms with Crippen molar-refractivity contribution in [2.75, 3.05) is 0 Å². The fraction of sp³-hybridized carbons (Fsp3) is 0.320. The van der Waals surface area contributed by atoms with Crippen LogP contribution in [0.15, 0.2) is 36.4 Å². The molecule has 0 saturated heterocycles. The molecule has 0 unspecified atom stereocenters. The highest BCUT2D eigenvalue weighted by atomic mass is 15.1. The minimum atomic E-state index is 0.728. The number of nitrogens with zero attached hydrogens (tertiary/aromatic N) is 5. The van der Waals surface area contributed by atoms with Gasteiger partial charge < -0.3 is 9.13 Å². The van der Waals surface area contributed by atoms with Crippen LogP contribution in [0, 0.1) is 32.1 Å². The molecule has 1 aromatic carbocycles. The molecule has 0 aliphatic rings. The van der Waals surface area contributed by atoms with Gasteiger partial charge in [-0.15, -0.1) is 0 Å². The lowest BCUT2D eigenvalue weighted by Crippen LogP contribution is -2.06. The highest BCUT2D eigenvalue weighted by Gasteiger charge is 2.16. The molecule has 0 spiro atoms. The van der Waals surface area contributed by atoms with Crippen LogP contribution in [0.1, 0.15) is 47.8 Å². The molecular weight excluding hydrogens is 370 g/mol. The molecule has 5 heteroatoms. The third-order valence-electron chi connectivity index (χ3n) is 5.73. The van der Waals surface area contributed by atoms with E-state index in [-0.39, 0.29) is 0 Å². The summed E-state index contributed by atoms with van der Waals surface area (Å²) >= 11 is 0. The number of pyridine rings is 1. The van der Waals surface area contributed by atoms with E-state index in [2.05, 4.69) is 73.2 Å². The predicted octanol–water partition coefficient (Wildman–Crippen LogP) is 5.33. The van der Waals surface area contributed by atoms with Crippen molar-refractivity contribution >= 4 is 11.2 Å². The second-order valence-electron chi connectivity index (χ2n) is 7.82. The molecule has 30 heavy (non-hydrogen) atoms. The zero-order valence-corrected chi connectivity index (χ0v) is 18.3. The van der Waals surface area contributed by atoms with E-state index < -0.39 is 0 Å². The number of hydrogen-bond acceptors (Lipinski definition) is 3. The van der Waals surface area contributed by atoms with Gasteiger partial charge in [0.15, 0.2) is 5.65 Å². The third kappa shape index (κ3) is 3.29. The second kappa shape index (κ2) is 7.79. The molecule has 0 atom stereocenters. The number of imidazole rings is 1. The molecule has 0 N–H and O–H groups in total. The summed E-state index contributed by atoms with van der Waals surface area (Å²) in [5.41, 5.74) is 9.23. The summed E-state index contributed by atoms with van der Waals surface area (Å²) < 4.78 is 4.42. The SMILES string of the molecule is CCc1nc2c(C)cc(C)nc2n1Cc1ccc(-c2c(C#N)cc(C)n2CC)cc1. The van der Waals surface area contributed by atoms with Gasteiger partial charge in [-0.2, -0.15) is 5.26 Å². The van der Waals surface area contributed by atoms with E-state index >= 15 is 0 Å². The van der Waals surface area contributed by atoms with Crippen molar-refractivity contribution in [3.8, 4) is 17.3 Å². The van der Waals surface area contributed by atoms with Gasteiger partial charge in [0.2, 0.25) is 0 Å². The second-order valence-corrected chi connectivity index (χ2v) is 7.82. The van der Waals surface area contributed by atoms with Gasteiger partial charge in [-0.05, 0) is 56.5 Å². The zero-order chi connectivity index (χ0) is 21.4. The van der Waals surface area contributed by atoms with E-state index in [1.807, 2.05) is 13.0 Å². The molecule has 0 aliphatic heterocycles. The lowest BCUT2D eigenvalue weighted by atomic mass is 10.1. The number of fused-ring (bicyclic) bond motifs is 1. The topological polar surface area (TPSA) is 59.4 Å². The van der Waals surface area contributed by atoms with E-state index in [4.69, 9.17) is 9.97 Å². The van der Waals surface area contributed by atoms with E-state index in [0.29, 0.717) is 0 Å². The summed E-state index contributed by atoms with van der Waals surface area (Å²) in [5.74, 6) is 1.05. The Labute approximate surface area is 177 Å². The number of aryl methyl sites for hydroxylation is 4. The Bertz CT molecular complexity index is 1270. The van der Waals surface area contributed by atoms with Gasteiger partial charge in [0.05, 0.1) is 17.8 Å². The summed E-state index contributed by atoms with van der Waals surface area (Å²) in [6, 6.07) is 14.9. The van der Waals surface area contributed by atoms with E-state index in [1.54, 1.807) is 0 Å². The van der Waals surface area contributed by atoms with Gasteiger partial charge in [0.25, 0.3) is 0 Å². The molecule has 4 aromatic rings. The maximum absolute atomic E-state index is 9.56. The molecule has 3 aromatic heterocycles. The van der Waals surface area contributed by atoms with Gasteiger partial charge >= 0.3 is 0 Å². The molecule has 3 heterocycles. The molecular formula is C25H27N5. The van der Waals surface area contributed by atoms with Crippen LogP contribution in [0.5, 0.6) is 0 Å². The van der Waals surface area contributed by atoms with Crippen molar-refractivity contribution in [3.05, 3.63) is 70.3 Å². The fourth-order valence-electron chi connectivity index (χ4n) is 4.32. The lowest BCUT2D eigenvalue weighted by molar-refractivity contribution is 0.744. The summed E-state index contributed by atoms with van der Waals surface area (Å²) in [5, 5.41) is 9.56.